The molecule has 0 fully saturated rings. The van der Waals surface area contributed by atoms with E-state index in [1.165, 1.54) is 6.20 Å². The largest absolute Gasteiger partial charge is 0.396 e. The van der Waals surface area contributed by atoms with E-state index in [-0.39, 0.29) is 17.6 Å². The van der Waals surface area contributed by atoms with E-state index in [2.05, 4.69) is 10.3 Å². The molecule has 0 saturated carbocycles. The molecule has 146 valence electrons. The molecule has 1 amide bonds. The third kappa shape index (κ3) is 4.24. The van der Waals surface area contributed by atoms with Gasteiger partial charge in [-0.2, -0.15) is 0 Å². The molecule has 28 heavy (non-hydrogen) atoms. The second-order valence-electron chi connectivity index (χ2n) is 6.72. The normalized spacial score (nSPS) is 11.0. The minimum atomic E-state index is -0.435. The molecule has 0 aliphatic heterocycles. The highest BCUT2D eigenvalue weighted by Crippen LogP contribution is 2.16. The summed E-state index contributed by atoms with van der Waals surface area (Å²) in [6.07, 6.45) is 2.73. The molecule has 0 unspecified atom stereocenters. The van der Waals surface area contributed by atoms with Crippen molar-refractivity contribution in [2.24, 2.45) is 7.05 Å². The minimum absolute atomic E-state index is 0.0720. The van der Waals surface area contributed by atoms with Gasteiger partial charge in [-0.05, 0) is 49.1 Å². The molecule has 6 nitrogen and oxygen atoms in total. The Morgan fingerprint density at radius 1 is 1.29 bits per heavy atom. The molecule has 0 aliphatic carbocycles. The molecule has 1 aromatic carbocycles. The number of aliphatic hydroxyl groups is 1. The number of aromatic nitrogens is 2. The average Bonchev–Trinajstić information content (AvgIpc) is 2.68. The lowest BCUT2D eigenvalue weighted by atomic mass is 10.1. The fourth-order valence-electron chi connectivity index (χ4n) is 3.09. The van der Waals surface area contributed by atoms with Crippen molar-refractivity contribution < 1.29 is 9.90 Å². The van der Waals surface area contributed by atoms with Crippen molar-refractivity contribution >= 4 is 28.5 Å². The highest BCUT2D eigenvalue weighted by Gasteiger charge is 2.16. The van der Waals surface area contributed by atoms with Gasteiger partial charge in [0, 0.05) is 37.1 Å². The summed E-state index contributed by atoms with van der Waals surface area (Å²) >= 11 is 5.87. The maximum Gasteiger partial charge on any atom is 0.257 e. The Labute approximate surface area is 167 Å². The van der Waals surface area contributed by atoms with E-state index in [0.717, 1.165) is 16.8 Å². The first-order valence-corrected chi connectivity index (χ1v) is 9.42. The van der Waals surface area contributed by atoms with Crippen LogP contribution in [0.15, 0.2) is 41.3 Å². The molecule has 0 bridgehead atoms. The van der Waals surface area contributed by atoms with Crippen LogP contribution in [0.4, 0.5) is 0 Å². The Balaban J connectivity index is 1.93. The van der Waals surface area contributed by atoms with Crippen molar-refractivity contribution in [2.45, 2.75) is 26.3 Å². The lowest BCUT2D eigenvalue weighted by Gasteiger charge is -2.12. The van der Waals surface area contributed by atoms with Crippen LogP contribution in [0, 0.1) is 6.92 Å². The molecule has 2 aromatic heterocycles. The Hall–Kier alpha value is -2.70. The SMILES string of the molecule is Cc1nc2c(cc1CCCO)c(=O)c(C(=O)NCc1ccc(Cl)cc1)cn2C. The molecule has 0 saturated heterocycles. The Bertz CT molecular complexity index is 1070. The molecule has 2 heterocycles. The van der Waals surface area contributed by atoms with Gasteiger partial charge < -0.3 is 15.0 Å². The molecule has 7 heteroatoms. The van der Waals surface area contributed by atoms with E-state index in [4.69, 9.17) is 16.7 Å². The number of carbonyl (C=O) groups excluding carboxylic acids is 1. The zero-order valence-corrected chi connectivity index (χ0v) is 16.6. The maximum absolute atomic E-state index is 12.9. The number of nitrogens with one attached hydrogen (secondary N) is 1. The van der Waals surface area contributed by atoms with Crippen molar-refractivity contribution in [1.82, 2.24) is 14.9 Å². The molecule has 3 rings (SSSR count). The smallest absolute Gasteiger partial charge is 0.257 e. The molecular formula is C21H22ClN3O3. The molecular weight excluding hydrogens is 378 g/mol. The monoisotopic (exact) mass is 399 g/mol. The van der Waals surface area contributed by atoms with E-state index in [1.54, 1.807) is 29.8 Å². The number of hydrogen-bond donors (Lipinski definition) is 2. The second-order valence-corrected chi connectivity index (χ2v) is 7.16. The number of aryl methyl sites for hydroxylation is 3. The molecule has 0 atom stereocenters. The van der Waals surface area contributed by atoms with Gasteiger partial charge in [0.05, 0.1) is 5.39 Å². The number of carbonyl (C=O) groups is 1. The van der Waals surface area contributed by atoms with Crippen LogP contribution in [0.3, 0.4) is 0 Å². The summed E-state index contributed by atoms with van der Waals surface area (Å²) in [5.74, 6) is -0.435. The first kappa shape index (κ1) is 20.0. The minimum Gasteiger partial charge on any atom is -0.396 e. The van der Waals surface area contributed by atoms with Gasteiger partial charge in [0.1, 0.15) is 11.2 Å². The lowest BCUT2D eigenvalue weighted by Crippen LogP contribution is -2.29. The number of nitrogens with zero attached hydrogens (tertiary/aromatic N) is 2. The van der Waals surface area contributed by atoms with Crippen LogP contribution in [0.2, 0.25) is 5.02 Å². The maximum atomic E-state index is 12.9. The number of benzene rings is 1. The molecule has 0 aliphatic rings. The molecule has 0 radical (unpaired) electrons. The van der Waals surface area contributed by atoms with Gasteiger partial charge in [-0.3, -0.25) is 9.59 Å². The summed E-state index contributed by atoms with van der Waals surface area (Å²) in [6.45, 7) is 2.25. The van der Waals surface area contributed by atoms with E-state index in [9.17, 15) is 9.59 Å². The lowest BCUT2D eigenvalue weighted by molar-refractivity contribution is 0.0949. The third-order valence-electron chi connectivity index (χ3n) is 4.66. The van der Waals surface area contributed by atoms with Gasteiger partial charge in [-0.25, -0.2) is 4.98 Å². The predicted molar refractivity (Wildman–Crippen MR) is 110 cm³/mol. The number of fused-ring (bicyclic) bond motifs is 1. The summed E-state index contributed by atoms with van der Waals surface area (Å²) in [5, 5.41) is 12.9. The zero-order valence-electron chi connectivity index (χ0n) is 15.8. The number of aliphatic hydroxyl groups excluding tert-OH is 1. The Morgan fingerprint density at radius 3 is 2.68 bits per heavy atom. The van der Waals surface area contributed by atoms with Crippen LogP contribution < -0.4 is 10.7 Å². The van der Waals surface area contributed by atoms with Gasteiger partial charge in [0.25, 0.3) is 5.91 Å². The van der Waals surface area contributed by atoms with Gasteiger partial charge in [0.15, 0.2) is 0 Å². The molecule has 0 spiro atoms. The fourth-order valence-corrected chi connectivity index (χ4v) is 3.22. The summed E-state index contributed by atoms with van der Waals surface area (Å²) in [6, 6.07) is 8.92. The van der Waals surface area contributed by atoms with Gasteiger partial charge in [0.2, 0.25) is 5.43 Å². The van der Waals surface area contributed by atoms with Crippen LogP contribution in [-0.4, -0.2) is 27.2 Å². The average molecular weight is 400 g/mol. The van der Waals surface area contributed by atoms with Crippen molar-refractivity contribution in [3.05, 3.63) is 74.2 Å². The molecule has 2 N–H and O–H groups in total. The van der Waals surface area contributed by atoms with Crippen molar-refractivity contribution in [1.29, 1.82) is 0 Å². The van der Waals surface area contributed by atoms with Crippen LogP contribution in [0.25, 0.3) is 11.0 Å². The van der Waals surface area contributed by atoms with E-state index in [0.29, 0.717) is 35.4 Å². The third-order valence-corrected chi connectivity index (χ3v) is 4.91. The number of pyridine rings is 2. The summed E-state index contributed by atoms with van der Waals surface area (Å²) < 4.78 is 1.69. The highest BCUT2D eigenvalue weighted by atomic mass is 35.5. The summed E-state index contributed by atoms with van der Waals surface area (Å²) in [7, 11) is 1.76. The van der Waals surface area contributed by atoms with Gasteiger partial charge in [-0.1, -0.05) is 23.7 Å². The second kappa shape index (κ2) is 8.54. The van der Waals surface area contributed by atoms with Crippen molar-refractivity contribution in [2.75, 3.05) is 6.61 Å². The van der Waals surface area contributed by atoms with Crippen molar-refractivity contribution in [3.63, 3.8) is 0 Å². The first-order valence-electron chi connectivity index (χ1n) is 9.04. The van der Waals surface area contributed by atoms with E-state index < -0.39 is 5.91 Å². The van der Waals surface area contributed by atoms with Gasteiger partial charge >= 0.3 is 0 Å². The van der Waals surface area contributed by atoms with Gasteiger partial charge in [-0.15, -0.1) is 0 Å². The zero-order chi connectivity index (χ0) is 20.3. The standard InChI is InChI=1S/C21H22ClN3O3/c1-13-15(4-3-9-26)10-17-19(27)18(12-25(2)20(17)24-13)21(28)23-11-14-5-7-16(22)8-6-14/h5-8,10,12,26H,3-4,9,11H2,1-2H3,(H,23,28). The number of rotatable bonds is 6. The highest BCUT2D eigenvalue weighted by molar-refractivity contribution is 6.30. The number of halogens is 1. The summed E-state index contributed by atoms with van der Waals surface area (Å²) in [4.78, 5) is 30.1. The van der Waals surface area contributed by atoms with Crippen LogP contribution in [0.5, 0.6) is 0 Å². The van der Waals surface area contributed by atoms with Crippen LogP contribution >= 0.6 is 11.6 Å². The number of amides is 1. The number of hydrogen-bond acceptors (Lipinski definition) is 4. The topological polar surface area (TPSA) is 84.2 Å². The summed E-state index contributed by atoms with van der Waals surface area (Å²) in [5.41, 5.74) is 2.86. The molecule has 3 aromatic rings. The Kier molecular flexibility index (Phi) is 6.11. The van der Waals surface area contributed by atoms with Crippen LogP contribution in [-0.2, 0) is 20.0 Å². The quantitative estimate of drug-likeness (QED) is 0.667. The van der Waals surface area contributed by atoms with Crippen molar-refractivity contribution in [3.8, 4) is 0 Å². The van der Waals surface area contributed by atoms with Crippen LogP contribution in [0.1, 0.15) is 33.6 Å². The predicted octanol–water partition coefficient (Wildman–Crippen LogP) is 2.75. The Morgan fingerprint density at radius 2 is 2.00 bits per heavy atom. The van der Waals surface area contributed by atoms with E-state index in [1.807, 2.05) is 19.1 Å². The first-order chi connectivity index (χ1) is 13.4. The van der Waals surface area contributed by atoms with E-state index >= 15 is 0 Å². The fraction of sp³-hybridized carbons (Fsp3) is 0.286.